The lowest BCUT2D eigenvalue weighted by Gasteiger charge is -2.11. The number of carbonyl (C=O) groups is 2. The number of nitrogens with two attached hydrogens (primary N) is 1. The molecule has 1 atom stereocenters. The highest BCUT2D eigenvalue weighted by Gasteiger charge is 2.19. The minimum Gasteiger partial charge on any atom is -0.318 e. The van der Waals surface area contributed by atoms with Gasteiger partial charge in [0.25, 0.3) is 0 Å². The fourth-order valence-corrected chi connectivity index (χ4v) is 0.816. The molecule has 6 heteroatoms. The molecule has 0 aliphatic carbocycles. The van der Waals surface area contributed by atoms with Gasteiger partial charge in [-0.3, -0.25) is 0 Å². The Balaban J connectivity index is 0. The summed E-state index contributed by atoms with van der Waals surface area (Å²) in [5, 5.41) is 0. The molecule has 0 saturated carbocycles. The predicted molar refractivity (Wildman–Crippen MR) is 61.7 cm³/mol. The van der Waals surface area contributed by atoms with E-state index >= 15 is 0 Å². The van der Waals surface area contributed by atoms with Gasteiger partial charge in [-0.25, -0.2) is 19.4 Å². The van der Waals surface area contributed by atoms with Crippen LogP contribution in [0, 0.1) is 5.92 Å². The normalized spacial score (nSPS) is 11.3. The SMILES string of the molecule is C=C(C)C(=O)OOC(=O)[C@H](N)CC(C)C.Cl. The topological polar surface area (TPSA) is 78.6 Å². The molecule has 5 nitrogen and oxygen atoms in total. The van der Waals surface area contributed by atoms with Gasteiger partial charge in [0.2, 0.25) is 0 Å². The molecule has 0 rings (SSSR count). The lowest BCUT2D eigenvalue weighted by Crippen LogP contribution is -2.34. The quantitative estimate of drug-likeness (QED) is 0.464. The Morgan fingerprint density at radius 3 is 2.19 bits per heavy atom. The maximum Gasteiger partial charge on any atom is 0.381 e. The van der Waals surface area contributed by atoms with Crippen LogP contribution in [0.1, 0.15) is 27.2 Å². The Labute approximate surface area is 101 Å². The Hall–Kier alpha value is -1.07. The summed E-state index contributed by atoms with van der Waals surface area (Å²) in [7, 11) is 0. The molecule has 0 fully saturated rings. The third-order valence-electron chi connectivity index (χ3n) is 1.58. The summed E-state index contributed by atoms with van der Waals surface area (Å²) in [6, 6.07) is -0.775. The highest BCUT2D eigenvalue weighted by Crippen LogP contribution is 2.04. The van der Waals surface area contributed by atoms with Crippen LogP contribution in [0.2, 0.25) is 0 Å². The van der Waals surface area contributed by atoms with Crippen molar-refractivity contribution in [3.63, 3.8) is 0 Å². The molecule has 94 valence electrons. The second-order valence-corrected chi connectivity index (χ2v) is 3.79. The lowest BCUT2D eigenvalue weighted by atomic mass is 10.1. The number of rotatable bonds is 4. The van der Waals surface area contributed by atoms with Crippen LogP contribution in [0.15, 0.2) is 12.2 Å². The molecule has 0 aromatic heterocycles. The average Bonchev–Trinajstić information content (AvgIpc) is 2.12. The first-order chi connectivity index (χ1) is 6.84. The van der Waals surface area contributed by atoms with E-state index in [9.17, 15) is 9.59 Å². The molecule has 0 aliphatic heterocycles. The van der Waals surface area contributed by atoms with Gasteiger partial charge in [-0.1, -0.05) is 20.4 Å². The molecule has 0 aromatic carbocycles. The van der Waals surface area contributed by atoms with Gasteiger partial charge < -0.3 is 5.73 Å². The van der Waals surface area contributed by atoms with E-state index in [0.29, 0.717) is 6.42 Å². The fourth-order valence-electron chi connectivity index (χ4n) is 0.816. The van der Waals surface area contributed by atoms with E-state index in [4.69, 9.17) is 5.73 Å². The Morgan fingerprint density at radius 1 is 1.31 bits per heavy atom. The minimum absolute atomic E-state index is 0. The fraction of sp³-hybridized carbons (Fsp3) is 0.600. The van der Waals surface area contributed by atoms with Crippen molar-refractivity contribution in [2.45, 2.75) is 33.2 Å². The first-order valence-electron chi connectivity index (χ1n) is 4.68. The number of hydrogen-bond donors (Lipinski definition) is 1. The van der Waals surface area contributed by atoms with Crippen molar-refractivity contribution in [3.8, 4) is 0 Å². The van der Waals surface area contributed by atoms with Gasteiger partial charge in [0.05, 0.1) is 0 Å². The highest BCUT2D eigenvalue weighted by atomic mass is 35.5. The van der Waals surface area contributed by atoms with Crippen molar-refractivity contribution in [1.29, 1.82) is 0 Å². The average molecular weight is 252 g/mol. The minimum atomic E-state index is -0.778. The second kappa shape index (κ2) is 8.13. The van der Waals surface area contributed by atoms with Crippen LogP contribution >= 0.6 is 12.4 Å². The summed E-state index contributed by atoms with van der Waals surface area (Å²) >= 11 is 0. The van der Waals surface area contributed by atoms with Crippen molar-refractivity contribution >= 4 is 24.3 Å². The van der Waals surface area contributed by atoms with E-state index in [1.807, 2.05) is 13.8 Å². The van der Waals surface area contributed by atoms with Crippen LogP contribution in [0.3, 0.4) is 0 Å². The van der Waals surface area contributed by atoms with Crippen molar-refractivity contribution in [2.75, 3.05) is 0 Å². The van der Waals surface area contributed by atoms with E-state index in [1.54, 1.807) is 0 Å². The summed E-state index contributed by atoms with van der Waals surface area (Å²) in [5.74, 6) is -1.26. The van der Waals surface area contributed by atoms with Crippen molar-refractivity contribution in [2.24, 2.45) is 11.7 Å². The van der Waals surface area contributed by atoms with Gasteiger partial charge in [0, 0.05) is 5.57 Å². The highest BCUT2D eigenvalue weighted by molar-refractivity contribution is 5.87. The first-order valence-corrected chi connectivity index (χ1v) is 4.68. The summed E-state index contributed by atoms with van der Waals surface area (Å²) in [5.41, 5.74) is 5.65. The van der Waals surface area contributed by atoms with Crippen LogP contribution in [0.4, 0.5) is 0 Å². The van der Waals surface area contributed by atoms with Crippen LogP contribution in [0.25, 0.3) is 0 Å². The van der Waals surface area contributed by atoms with Gasteiger partial charge >= 0.3 is 11.9 Å². The number of halogens is 1. The molecule has 0 bridgehead atoms. The summed E-state index contributed by atoms with van der Waals surface area (Å²) in [4.78, 5) is 30.5. The van der Waals surface area contributed by atoms with E-state index in [1.165, 1.54) is 6.92 Å². The van der Waals surface area contributed by atoms with Gasteiger partial charge in [-0.15, -0.1) is 12.4 Å². The Morgan fingerprint density at radius 2 is 1.81 bits per heavy atom. The third-order valence-corrected chi connectivity index (χ3v) is 1.58. The number of hydrogen-bond acceptors (Lipinski definition) is 5. The molecular formula is C10H18ClNO4. The monoisotopic (exact) mass is 251 g/mol. The zero-order valence-corrected chi connectivity index (χ0v) is 10.5. The lowest BCUT2D eigenvalue weighted by molar-refractivity contribution is -0.256. The van der Waals surface area contributed by atoms with Gasteiger partial charge in [0.1, 0.15) is 6.04 Å². The zero-order chi connectivity index (χ0) is 12.0. The zero-order valence-electron chi connectivity index (χ0n) is 9.69. The molecule has 0 unspecified atom stereocenters. The first kappa shape index (κ1) is 17.3. The van der Waals surface area contributed by atoms with Gasteiger partial charge in [0.15, 0.2) is 0 Å². The van der Waals surface area contributed by atoms with E-state index in [-0.39, 0.29) is 23.9 Å². The predicted octanol–water partition coefficient (Wildman–Crippen LogP) is 1.36. The van der Waals surface area contributed by atoms with E-state index in [0.717, 1.165) is 0 Å². The third kappa shape index (κ3) is 7.25. The summed E-state index contributed by atoms with van der Waals surface area (Å²) in [6.45, 7) is 8.63. The maximum atomic E-state index is 11.2. The number of carbonyl (C=O) groups excluding carboxylic acids is 2. The molecule has 0 saturated heterocycles. The molecule has 16 heavy (non-hydrogen) atoms. The Kier molecular flexibility index (Phi) is 8.80. The van der Waals surface area contributed by atoms with Gasteiger partial charge in [-0.05, 0) is 19.3 Å². The summed E-state index contributed by atoms with van der Waals surface area (Å²) in [6.07, 6.45) is 0.476. The molecule has 0 aromatic rings. The molecule has 0 aliphatic rings. The standard InChI is InChI=1S/C10H17NO4.ClH/c1-6(2)5-8(11)10(13)15-14-9(12)7(3)4;/h6,8H,3,5,11H2,1-2,4H3;1H/t8-;/m1./s1. The van der Waals surface area contributed by atoms with E-state index < -0.39 is 18.0 Å². The molecule has 0 radical (unpaired) electrons. The van der Waals surface area contributed by atoms with Crippen molar-refractivity contribution < 1.29 is 19.4 Å². The van der Waals surface area contributed by atoms with Crippen LogP contribution in [-0.4, -0.2) is 18.0 Å². The Bertz CT molecular complexity index is 266. The molecule has 2 N–H and O–H groups in total. The van der Waals surface area contributed by atoms with Crippen LogP contribution < -0.4 is 5.73 Å². The van der Waals surface area contributed by atoms with Crippen molar-refractivity contribution in [3.05, 3.63) is 12.2 Å². The molecule has 0 heterocycles. The second-order valence-electron chi connectivity index (χ2n) is 3.79. The van der Waals surface area contributed by atoms with Gasteiger partial charge in [-0.2, -0.15) is 0 Å². The summed E-state index contributed by atoms with van der Waals surface area (Å²) < 4.78 is 0. The molecular weight excluding hydrogens is 234 g/mol. The largest absolute Gasteiger partial charge is 0.381 e. The van der Waals surface area contributed by atoms with E-state index in [2.05, 4.69) is 16.4 Å². The van der Waals surface area contributed by atoms with Crippen LogP contribution in [-0.2, 0) is 19.4 Å². The smallest absolute Gasteiger partial charge is 0.318 e. The van der Waals surface area contributed by atoms with Crippen molar-refractivity contribution in [1.82, 2.24) is 0 Å². The molecule has 0 amide bonds. The molecule has 0 spiro atoms. The van der Waals surface area contributed by atoms with Crippen LogP contribution in [0.5, 0.6) is 0 Å². The maximum absolute atomic E-state index is 11.2.